The summed E-state index contributed by atoms with van der Waals surface area (Å²) in [5.74, 6) is 0.715. The van der Waals surface area contributed by atoms with Crippen LogP contribution in [0.4, 0.5) is 10.1 Å². The maximum Gasteiger partial charge on any atom is 0.257 e. The second-order valence-corrected chi connectivity index (χ2v) is 7.84. The number of anilines is 1. The van der Waals surface area contributed by atoms with Crippen molar-refractivity contribution in [3.63, 3.8) is 0 Å². The molecular weight excluding hydrogens is 383 g/mol. The fourth-order valence-corrected chi connectivity index (χ4v) is 3.74. The van der Waals surface area contributed by atoms with E-state index in [1.54, 1.807) is 19.1 Å². The quantitative estimate of drug-likeness (QED) is 0.680. The monoisotopic (exact) mass is 408 g/mol. The Kier molecular flexibility index (Phi) is 5.90. The summed E-state index contributed by atoms with van der Waals surface area (Å²) in [4.78, 5) is 19.3. The van der Waals surface area contributed by atoms with Crippen LogP contribution in [0.15, 0.2) is 47.0 Å². The summed E-state index contributed by atoms with van der Waals surface area (Å²) in [7, 11) is 0. The van der Waals surface area contributed by atoms with Crippen LogP contribution in [0.25, 0.3) is 11.5 Å². The first kappa shape index (κ1) is 20.2. The first-order chi connectivity index (χ1) is 14.5. The molecule has 1 aliphatic heterocycles. The number of nitrogens with one attached hydrogen (secondary N) is 1. The van der Waals surface area contributed by atoms with E-state index in [4.69, 9.17) is 4.52 Å². The van der Waals surface area contributed by atoms with Gasteiger partial charge in [0.2, 0.25) is 5.91 Å². The zero-order valence-corrected chi connectivity index (χ0v) is 17.2. The van der Waals surface area contributed by atoms with Crippen molar-refractivity contribution < 1.29 is 13.7 Å². The molecular formula is C23H25FN4O2. The minimum absolute atomic E-state index is 0.0513. The zero-order chi connectivity index (χ0) is 21.1. The molecule has 30 heavy (non-hydrogen) atoms. The number of aryl methyl sites for hydroxylation is 1. The van der Waals surface area contributed by atoms with Crippen molar-refractivity contribution in [3.05, 3.63) is 65.2 Å². The molecule has 1 amide bonds. The molecule has 0 spiro atoms. The van der Waals surface area contributed by atoms with Gasteiger partial charge in [0.05, 0.1) is 6.54 Å². The van der Waals surface area contributed by atoms with E-state index in [0.717, 1.165) is 37.1 Å². The van der Waals surface area contributed by atoms with E-state index in [1.165, 1.54) is 6.07 Å². The Morgan fingerprint density at radius 2 is 1.97 bits per heavy atom. The predicted molar refractivity (Wildman–Crippen MR) is 112 cm³/mol. The van der Waals surface area contributed by atoms with Gasteiger partial charge in [0.25, 0.3) is 5.89 Å². The summed E-state index contributed by atoms with van der Waals surface area (Å²) in [6.07, 6.45) is 1.48. The smallest absolute Gasteiger partial charge is 0.257 e. The number of halogens is 1. The van der Waals surface area contributed by atoms with Gasteiger partial charge in [-0.05, 0) is 64.0 Å². The van der Waals surface area contributed by atoms with Crippen LogP contribution in [0.5, 0.6) is 0 Å². The van der Waals surface area contributed by atoms with Crippen LogP contribution in [-0.2, 0) is 11.3 Å². The second-order valence-electron chi connectivity index (χ2n) is 7.84. The van der Waals surface area contributed by atoms with Gasteiger partial charge < -0.3 is 9.84 Å². The SMILES string of the molecule is Cc1cccc(-c2nc(CN3CCC(C(=O)Nc4cccc(F)c4C)CC3)no2)c1. The molecule has 0 saturated carbocycles. The molecule has 0 unspecified atom stereocenters. The molecule has 0 aliphatic carbocycles. The summed E-state index contributed by atoms with van der Waals surface area (Å²) >= 11 is 0. The highest BCUT2D eigenvalue weighted by Gasteiger charge is 2.26. The number of likely N-dealkylation sites (tertiary alicyclic amines) is 1. The topological polar surface area (TPSA) is 71.3 Å². The van der Waals surface area contributed by atoms with Crippen molar-refractivity contribution in [2.75, 3.05) is 18.4 Å². The third-order valence-corrected chi connectivity index (χ3v) is 5.58. The fourth-order valence-electron chi connectivity index (χ4n) is 3.74. The molecule has 6 nitrogen and oxygen atoms in total. The average Bonchev–Trinajstić information content (AvgIpc) is 3.20. The molecule has 0 atom stereocenters. The number of hydrogen-bond acceptors (Lipinski definition) is 5. The first-order valence-electron chi connectivity index (χ1n) is 10.2. The molecule has 0 bridgehead atoms. The zero-order valence-electron chi connectivity index (χ0n) is 17.2. The van der Waals surface area contributed by atoms with E-state index in [1.807, 2.05) is 31.2 Å². The highest BCUT2D eigenvalue weighted by molar-refractivity contribution is 5.93. The fraction of sp³-hybridized carbons (Fsp3) is 0.348. The molecule has 1 fully saturated rings. The lowest BCUT2D eigenvalue weighted by atomic mass is 9.95. The van der Waals surface area contributed by atoms with Crippen molar-refractivity contribution in [3.8, 4) is 11.5 Å². The van der Waals surface area contributed by atoms with Gasteiger partial charge in [-0.1, -0.05) is 28.9 Å². The Hall–Kier alpha value is -3.06. The highest BCUT2D eigenvalue weighted by Crippen LogP contribution is 2.24. The van der Waals surface area contributed by atoms with Crippen LogP contribution in [-0.4, -0.2) is 34.0 Å². The summed E-state index contributed by atoms with van der Waals surface area (Å²) < 4.78 is 19.1. The van der Waals surface area contributed by atoms with Gasteiger partial charge in [0.15, 0.2) is 5.82 Å². The van der Waals surface area contributed by atoms with Crippen LogP contribution in [0.1, 0.15) is 29.8 Å². The van der Waals surface area contributed by atoms with Gasteiger partial charge >= 0.3 is 0 Å². The number of amides is 1. The normalized spacial score (nSPS) is 15.3. The van der Waals surface area contributed by atoms with E-state index in [9.17, 15) is 9.18 Å². The number of hydrogen-bond donors (Lipinski definition) is 1. The Labute approximate surface area is 175 Å². The molecule has 0 radical (unpaired) electrons. The lowest BCUT2D eigenvalue weighted by molar-refractivity contribution is -0.121. The third-order valence-electron chi connectivity index (χ3n) is 5.58. The number of benzene rings is 2. The average molecular weight is 408 g/mol. The van der Waals surface area contributed by atoms with Gasteiger partial charge in [0, 0.05) is 22.7 Å². The standard InChI is InChI=1S/C23H25FN4O2/c1-15-5-3-6-18(13-15)23-26-21(27-30-23)14-28-11-9-17(10-12-28)22(29)25-20-8-4-7-19(24)16(20)2/h3-8,13,17H,9-12,14H2,1-2H3,(H,25,29). The third kappa shape index (κ3) is 4.57. The van der Waals surface area contributed by atoms with Crippen LogP contribution < -0.4 is 5.32 Å². The first-order valence-corrected chi connectivity index (χ1v) is 10.2. The summed E-state index contributed by atoms with van der Waals surface area (Å²) in [5, 5.41) is 6.98. The Morgan fingerprint density at radius 3 is 2.73 bits per heavy atom. The predicted octanol–water partition coefficient (Wildman–Crippen LogP) is 4.34. The van der Waals surface area contributed by atoms with Gasteiger partial charge in [-0.15, -0.1) is 0 Å². The van der Waals surface area contributed by atoms with Crippen molar-refractivity contribution in [1.29, 1.82) is 0 Å². The Morgan fingerprint density at radius 1 is 1.20 bits per heavy atom. The number of rotatable bonds is 5. The molecule has 2 aromatic carbocycles. The van der Waals surface area contributed by atoms with Gasteiger partial charge in [-0.2, -0.15) is 4.98 Å². The van der Waals surface area contributed by atoms with Crippen LogP contribution >= 0.6 is 0 Å². The minimum atomic E-state index is -0.312. The second kappa shape index (κ2) is 8.75. The molecule has 4 rings (SSSR count). The van der Waals surface area contributed by atoms with Crippen molar-refractivity contribution in [2.45, 2.75) is 33.2 Å². The largest absolute Gasteiger partial charge is 0.334 e. The van der Waals surface area contributed by atoms with Crippen molar-refractivity contribution in [1.82, 2.24) is 15.0 Å². The maximum absolute atomic E-state index is 13.7. The van der Waals surface area contributed by atoms with E-state index >= 15 is 0 Å². The van der Waals surface area contributed by atoms with Crippen LogP contribution in [0.2, 0.25) is 0 Å². The Bertz CT molecular complexity index is 1040. The number of aromatic nitrogens is 2. The molecule has 3 aromatic rings. The van der Waals surface area contributed by atoms with Gasteiger partial charge in [-0.3, -0.25) is 9.69 Å². The van der Waals surface area contributed by atoms with E-state index in [0.29, 0.717) is 29.5 Å². The highest BCUT2D eigenvalue weighted by atomic mass is 19.1. The van der Waals surface area contributed by atoms with Crippen molar-refractivity contribution in [2.24, 2.45) is 5.92 Å². The summed E-state index contributed by atoms with van der Waals surface area (Å²) in [6, 6.07) is 12.7. The van der Waals surface area contributed by atoms with Gasteiger partial charge in [-0.25, -0.2) is 4.39 Å². The number of nitrogens with zero attached hydrogens (tertiary/aromatic N) is 3. The summed E-state index contributed by atoms with van der Waals surface area (Å²) in [6.45, 7) is 5.83. The maximum atomic E-state index is 13.7. The minimum Gasteiger partial charge on any atom is -0.334 e. The molecule has 2 heterocycles. The lowest BCUT2D eigenvalue weighted by Gasteiger charge is -2.30. The molecule has 1 aromatic heterocycles. The van der Waals surface area contributed by atoms with Gasteiger partial charge in [0.1, 0.15) is 5.82 Å². The van der Waals surface area contributed by atoms with Crippen LogP contribution in [0.3, 0.4) is 0 Å². The number of piperidine rings is 1. The van der Waals surface area contributed by atoms with E-state index in [-0.39, 0.29) is 17.6 Å². The molecule has 1 N–H and O–H groups in total. The summed E-state index contributed by atoms with van der Waals surface area (Å²) in [5.41, 5.74) is 3.06. The van der Waals surface area contributed by atoms with E-state index < -0.39 is 0 Å². The molecule has 1 aliphatic rings. The molecule has 156 valence electrons. The number of carbonyl (C=O) groups is 1. The number of carbonyl (C=O) groups excluding carboxylic acids is 1. The molecule has 7 heteroatoms. The van der Waals surface area contributed by atoms with Crippen LogP contribution in [0, 0.1) is 25.6 Å². The van der Waals surface area contributed by atoms with E-state index in [2.05, 4.69) is 20.4 Å². The molecule has 1 saturated heterocycles. The van der Waals surface area contributed by atoms with Crippen molar-refractivity contribution >= 4 is 11.6 Å². The Balaban J connectivity index is 1.31. The lowest BCUT2D eigenvalue weighted by Crippen LogP contribution is -2.38.